The molecule has 0 spiro atoms. The van der Waals surface area contributed by atoms with Gasteiger partial charge in [-0.1, -0.05) is 43.8 Å². The van der Waals surface area contributed by atoms with Crippen LogP contribution >= 0.6 is 0 Å². The molecule has 1 heterocycles. The van der Waals surface area contributed by atoms with Gasteiger partial charge in [0.25, 0.3) is 0 Å². The highest BCUT2D eigenvalue weighted by Crippen LogP contribution is 2.24. The second-order valence-corrected chi connectivity index (χ2v) is 5.72. The van der Waals surface area contributed by atoms with Crippen LogP contribution in [0.15, 0.2) is 49.4 Å². The zero-order valence-electron chi connectivity index (χ0n) is 14.0. The van der Waals surface area contributed by atoms with E-state index in [4.69, 9.17) is 4.74 Å². The van der Waals surface area contributed by atoms with Crippen molar-refractivity contribution in [1.29, 1.82) is 0 Å². The molecule has 0 aliphatic carbocycles. The number of carbonyl (C=O) groups is 1. The van der Waals surface area contributed by atoms with Gasteiger partial charge in [-0.2, -0.15) is 0 Å². The summed E-state index contributed by atoms with van der Waals surface area (Å²) in [4.78, 5) is 15.8. The number of nitrogens with zero attached hydrogens (tertiary/aromatic N) is 2. The zero-order chi connectivity index (χ0) is 16.8. The van der Waals surface area contributed by atoms with Crippen LogP contribution in [0.1, 0.15) is 50.9 Å². The van der Waals surface area contributed by atoms with E-state index in [2.05, 4.69) is 30.6 Å². The Morgan fingerprint density at radius 3 is 2.65 bits per heavy atom. The fraction of sp³-hybridized carbons (Fsp3) is 0.368. The SMILES string of the molecule is C=C(OC(C)CC(=O)CC)c1cncn1C(C)c1ccccc1. The maximum atomic E-state index is 11.5. The molecule has 0 bridgehead atoms. The summed E-state index contributed by atoms with van der Waals surface area (Å²) in [5.41, 5.74) is 2.02. The molecule has 4 heteroatoms. The van der Waals surface area contributed by atoms with Gasteiger partial charge in [-0.15, -0.1) is 0 Å². The fourth-order valence-corrected chi connectivity index (χ4v) is 2.53. The predicted molar refractivity (Wildman–Crippen MR) is 92.0 cm³/mol. The van der Waals surface area contributed by atoms with Crippen LogP contribution in [0.3, 0.4) is 0 Å². The van der Waals surface area contributed by atoms with Crippen LogP contribution < -0.4 is 0 Å². The monoisotopic (exact) mass is 312 g/mol. The van der Waals surface area contributed by atoms with Gasteiger partial charge in [0.05, 0.1) is 18.6 Å². The molecular formula is C19H24N2O2. The molecule has 1 aromatic carbocycles. The Morgan fingerprint density at radius 2 is 2.00 bits per heavy atom. The van der Waals surface area contributed by atoms with Crippen LogP contribution in [0.5, 0.6) is 0 Å². The highest BCUT2D eigenvalue weighted by molar-refractivity contribution is 5.78. The Bertz CT molecular complexity index is 661. The van der Waals surface area contributed by atoms with Crippen molar-refractivity contribution in [3.63, 3.8) is 0 Å². The number of ketones is 1. The smallest absolute Gasteiger partial charge is 0.137 e. The lowest BCUT2D eigenvalue weighted by Crippen LogP contribution is -2.15. The van der Waals surface area contributed by atoms with Crippen LogP contribution in [-0.4, -0.2) is 21.4 Å². The van der Waals surface area contributed by atoms with Crippen molar-refractivity contribution in [2.45, 2.75) is 45.8 Å². The van der Waals surface area contributed by atoms with E-state index in [1.54, 1.807) is 12.5 Å². The van der Waals surface area contributed by atoms with E-state index in [0.29, 0.717) is 18.6 Å². The van der Waals surface area contributed by atoms with Crippen LogP contribution in [-0.2, 0) is 9.53 Å². The highest BCUT2D eigenvalue weighted by atomic mass is 16.5. The third kappa shape index (κ3) is 4.31. The lowest BCUT2D eigenvalue weighted by atomic mass is 10.1. The summed E-state index contributed by atoms with van der Waals surface area (Å²) in [5, 5.41) is 0. The number of hydrogen-bond acceptors (Lipinski definition) is 3. The van der Waals surface area contributed by atoms with Crippen molar-refractivity contribution in [2.24, 2.45) is 0 Å². The van der Waals surface area contributed by atoms with Crippen molar-refractivity contribution in [1.82, 2.24) is 9.55 Å². The van der Waals surface area contributed by atoms with Crippen LogP contribution in [0.4, 0.5) is 0 Å². The number of hydrogen-bond donors (Lipinski definition) is 0. The number of carbonyl (C=O) groups excluding carboxylic acids is 1. The molecule has 122 valence electrons. The molecule has 0 aliphatic rings. The average Bonchev–Trinajstić information content (AvgIpc) is 3.04. The molecule has 0 saturated carbocycles. The summed E-state index contributed by atoms with van der Waals surface area (Å²) in [6.07, 6.45) is 4.27. The van der Waals surface area contributed by atoms with E-state index < -0.39 is 0 Å². The number of aromatic nitrogens is 2. The Hall–Kier alpha value is -2.36. The third-order valence-corrected chi connectivity index (χ3v) is 3.90. The molecule has 4 nitrogen and oxygen atoms in total. The second-order valence-electron chi connectivity index (χ2n) is 5.72. The highest BCUT2D eigenvalue weighted by Gasteiger charge is 2.17. The van der Waals surface area contributed by atoms with Gasteiger partial charge in [-0.05, 0) is 19.4 Å². The number of benzene rings is 1. The van der Waals surface area contributed by atoms with Crippen molar-refractivity contribution in [3.8, 4) is 0 Å². The zero-order valence-corrected chi connectivity index (χ0v) is 14.0. The molecule has 0 fully saturated rings. The van der Waals surface area contributed by atoms with Gasteiger partial charge in [0, 0.05) is 12.8 Å². The minimum Gasteiger partial charge on any atom is -0.489 e. The molecule has 0 radical (unpaired) electrons. The van der Waals surface area contributed by atoms with E-state index in [-0.39, 0.29) is 17.9 Å². The Labute approximate surface area is 137 Å². The molecular weight excluding hydrogens is 288 g/mol. The van der Waals surface area contributed by atoms with Gasteiger partial charge in [0.1, 0.15) is 23.3 Å². The van der Waals surface area contributed by atoms with Gasteiger partial charge in [-0.3, -0.25) is 4.79 Å². The minimum absolute atomic E-state index is 0.127. The number of rotatable bonds is 8. The minimum atomic E-state index is -0.190. The molecule has 2 aromatic rings. The van der Waals surface area contributed by atoms with Crippen LogP contribution in [0.2, 0.25) is 0 Å². The number of imidazole rings is 1. The summed E-state index contributed by atoms with van der Waals surface area (Å²) in [6.45, 7) is 9.87. The first kappa shape index (κ1) is 17.0. The van der Waals surface area contributed by atoms with E-state index in [1.807, 2.05) is 36.6 Å². The summed E-state index contributed by atoms with van der Waals surface area (Å²) >= 11 is 0. The Kier molecular flexibility index (Phi) is 5.74. The molecule has 0 aliphatic heterocycles. The molecule has 0 N–H and O–H groups in total. The standard InChI is InChI=1S/C19H24N2O2/c1-5-18(22)11-14(2)23-16(4)19-12-20-13-21(19)15(3)17-9-7-6-8-10-17/h6-10,12-15H,4-5,11H2,1-3H3. The van der Waals surface area contributed by atoms with Crippen molar-refractivity contribution in [2.75, 3.05) is 0 Å². The maximum absolute atomic E-state index is 11.5. The first-order chi connectivity index (χ1) is 11.0. The van der Waals surface area contributed by atoms with Crippen LogP contribution in [0.25, 0.3) is 5.76 Å². The Morgan fingerprint density at radius 1 is 1.30 bits per heavy atom. The lowest BCUT2D eigenvalue weighted by Gasteiger charge is -2.20. The molecule has 2 rings (SSSR count). The Balaban J connectivity index is 2.11. The molecule has 2 unspecified atom stereocenters. The summed E-state index contributed by atoms with van der Waals surface area (Å²) in [6, 6.07) is 10.3. The van der Waals surface area contributed by atoms with Crippen molar-refractivity contribution >= 4 is 11.5 Å². The van der Waals surface area contributed by atoms with E-state index in [1.165, 1.54) is 5.56 Å². The lowest BCUT2D eigenvalue weighted by molar-refractivity contribution is -0.120. The fourth-order valence-electron chi connectivity index (χ4n) is 2.53. The van der Waals surface area contributed by atoms with Crippen molar-refractivity contribution in [3.05, 3.63) is 60.7 Å². The normalized spacial score (nSPS) is 13.3. The van der Waals surface area contributed by atoms with E-state index in [9.17, 15) is 4.79 Å². The first-order valence-electron chi connectivity index (χ1n) is 7.97. The van der Waals surface area contributed by atoms with E-state index >= 15 is 0 Å². The van der Waals surface area contributed by atoms with Gasteiger partial charge < -0.3 is 9.30 Å². The van der Waals surface area contributed by atoms with Gasteiger partial charge >= 0.3 is 0 Å². The summed E-state index contributed by atoms with van der Waals surface area (Å²) < 4.78 is 7.85. The van der Waals surface area contributed by atoms with Gasteiger partial charge in [-0.25, -0.2) is 4.98 Å². The third-order valence-electron chi connectivity index (χ3n) is 3.90. The summed E-state index contributed by atoms with van der Waals surface area (Å²) in [5.74, 6) is 0.734. The number of ether oxygens (including phenoxy) is 1. The van der Waals surface area contributed by atoms with Crippen LogP contribution in [0, 0.1) is 0 Å². The molecule has 0 amide bonds. The first-order valence-corrected chi connectivity index (χ1v) is 7.97. The molecule has 23 heavy (non-hydrogen) atoms. The molecule has 1 aromatic heterocycles. The topological polar surface area (TPSA) is 44.1 Å². The molecule has 0 saturated heterocycles. The van der Waals surface area contributed by atoms with Gasteiger partial charge in [0.2, 0.25) is 0 Å². The number of Topliss-reactive ketones (excluding diaryl/α,β-unsaturated/α-hetero) is 1. The summed E-state index contributed by atoms with van der Waals surface area (Å²) in [7, 11) is 0. The largest absolute Gasteiger partial charge is 0.489 e. The molecule has 2 atom stereocenters. The van der Waals surface area contributed by atoms with Gasteiger partial charge in [0.15, 0.2) is 0 Å². The quantitative estimate of drug-likeness (QED) is 0.685. The average molecular weight is 312 g/mol. The van der Waals surface area contributed by atoms with E-state index in [0.717, 1.165) is 5.69 Å². The van der Waals surface area contributed by atoms with Crippen molar-refractivity contribution < 1.29 is 9.53 Å². The second kappa shape index (κ2) is 7.77. The maximum Gasteiger partial charge on any atom is 0.137 e. The predicted octanol–water partition coefficient (Wildman–Crippen LogP) is 4.24.